The summed E-state index contributed by atoms with van der Waals surface area (Å²) in [7, 11) is 0. The largest absolute Gasteiger partial charge is 0.324 e. The molecule has 0 radical (unpaired) electrons. The van der Waals surface area contributed by atoms with E-state index in [-0.39, 0.29) is 12.1 Å². The van der Waals surface area contributed by atoms with Crippen molar-refractivity contribution in [1.82, 2.24) is 19.6 Å². The van der Waals surface area contributed by atoms with Gasteiger partial charge in [0, 0.05) is 12.1 Å². The van der Waals surface area contributed by atoms with E-state index in [4.69, 9.17) is 0 Å². The van der Waals surface area contributed by atoms with Gasteiger partial charge in [0.05, 0.1) is 29.5 Å². The summed E-state index contributed by atoms with van der Waals surface area (Å²) in [6.07, 6.45) is 3.30. The van der Waals surface area contributed by atoms with Gasteiger partial charge >= 0.3 is 6.03 Å². The lowest BCUT2D eigenvalue weighted by Gasteiger charge is -2.12. The van der Waals surface area contributed by atoms with Gasteiger partial charge in [0.25, 0.3) is 0 Å². The van der Waals surface area contributed by atoms with E-state index in [1.54, 1.807) is 27.8 Å². The lowest BCUT2D eigenvalue weighted by Crippen LogP contribution is -2.22. The molecule has 0 spiro atoms. The maximum absolute atomic E-state index is 12.3. The van der Waals surface area contributed by atoms with Crippen molar-refractivity contribution in [2.75, 3.05) is 10.6 Å². The quantitative estimate of drug-likeness (QED) is 0.770. The Balaban J connectivity index is 1.74. The van der Waals surface area contributed by atoms with Crippen LogP contribution in [0.5, 0.6) is 0 Å². The van der Waals surface area contributed by atoms with Crippen LogP contribution in [0.2, 0.25) is 0 Å². The van der Waals surface area contributed by atoms with Gasteiger partial charge in [0.2, 0.25) is 0 Å². The van der Waals surface area contributed by atoms with E-state index in [0.717, 1.165) is 11.4 Å². The topological polar surface area (TPSA) is 76.8 Å². The van der Waals surface area contributed by atoms with Crippen LogP contribution in [-0.2, 0) is 0 Å². The molecule has 2 N–H and O–H groups in total. The minimum Gasteiger partial charge on any atom is -0.305 e. The van der Waals surface area contributed by atoms with Crippen LogP contribution in [0.3, 0.4) is 0 Å². The summed E-state index contributed by atoms with van der Waals surface area (Å²) in [5.41, 5.74) is 2.46. The molecule has 7 heteroatoms. The summed E-state index contributed by atoms with van der Waals surface area (Å²) in [5.74, 6) is 0.649. The number of urea groups is 1. The van der Waals surface area contributed by atoms with Crippen LogP contribution < -0.4 is 10.6 Å². The second-order valence-corrected chi connectivity index (χ2v) is 5.72. The number of aromatic nitrogens is 4. The Morgan fingerprint density at radius 3 is 2.54 bits per heavy atom. The predicted octanol–water partition coefficient (Wildman–Crippen LogP) is 3.60. The summed E-state index contributed by atoms with van der Waals surface area (Å²) < 4.78 is 3.54. The zero-order chi connectivity index (χ0) is 17.1. The van der Waals surface area contributed by atoms with E-state index in [0.29, 0.717) is 11.5 Å². The SMILES string of the molecule is Cc1c(NC(=O)Nc2ccnn2C(C)C)cnn1-c1ccccc1. The molecule has 3 rings (SSSR count). The number of benzene rings is 1. The Kier molecular flexibility index (Phi) is 4.33. The van der Waals surface area contributed by atoms with Crippen LogP contribution >= 0.6 is 0 Å². The summed E-state index contributed by atoms with van der Waals surface area (Å²) in [6, 6.07) is 11.4. The van der Waals surface area contributed by atoms with Gasteiger partial charge < -0.3 is 5.32 Å². The van der Waals surface area contributed by atoms with Crippen molar-refractivity contribution < 1.29 is 4.79 Å². The molecule has 3 aromatic rings. The molecule has 0 aliphatic rings. The average molecular weight is 324 g/mol. The Morgan fingerprint density at radius 2 is 1.83 bits per heavy atom. The summed E-state index contributed by atoms with van der Waals surface area (Å²) >= 11 is 0. The predicted molar refractivity (Wildman–Crippen MR) is 93.6 cm³/mol. The maximum atomic E-state index is 12.3. The number of nitrogens with one attached hydrogen (secondary N) is 2. The highest BCUT2D eigenvalue weighted by Crippen LogP contribution is 2.19. The van der Waals surface area contributed by atoms with Crippen molar-refractivity contribution in [2.24, 2.45) is 0 Å². The summed E-state index contributed by atoms with van der Waals surface area (Å²) in [5, 5.41) is 14.2. The molecule has 0 atom stereocenters. The van der Waals surface area contributed by atoms with E-state index in [1.165, 1.54) is 0 Å². The number of hydrogen-bond acceptors (Lipinski definition) is 3. The van der Waals surface area contributed by atoms with E-state index in [9.17, 15) is 4.79 Å². The molecule has 1 aromatic carbocycles. The molecule has 0 aliphatic heterocycles. The van der Waals surface area contributed by atoms with Crippen molar-refractivity contribution in [1.29, 1.82) is 0 Å². The van der Waals surface area contributed by atoms with Crippen LogP contribution in [0, 0.1) is 6.92 Å². The number of amides is 2. The van der Waals surface area contributed by atoms with Crippen molar-refractivity contribution in [3.8, 4) is 5.69 Å². The first-order valence-corrected chi connectivity index (χ1v) is 7.78. The first kappa shape index (κ1) is 15.8. The van der Waals surface area contributed by atoms with Gasteiger partial charge in [-0.3, -0.25) is 5.32 Å². The van der Waals surface area contributed by atoms with Crippen molar-refractivity contribution in [3.05, 3.63) is 54.5 Å². The third-order valence-corrected chi connectivity index (χ3v) is 3.66. The monoisotopic (exact) mass is 324 g/mol. The zero-order valence-electron chi connectivity index (χ0n) is 13.9. The second-order valence-electron chi connectivity index (χ2n) is 5.72. The lowest BCUT2D eigenvalue weighted by molar-refractivity contribution is 0.262. The molecule has 124 valence electrons. The molecular weight excluding hydrogens is 304 g/mol. The highest BCUT2D eigenvalue weighted by molar-refractivity contribution is 5.99. The van der Waals surface area contributed by atoms with Gasteiger partial charge in [-0.2, -0.15) is 10.2 Å². The number of nitrogens with zero attached hydrogens (tertiary/aromatic N) is 4. The molecule has 0 saturated carbocycles. The fraction of sp³-hybridized carbons (Fsp3) is 0.235. The zero-order valence-corrected chi connectivity index (χ0v) is 13.9. The van der Waals surface area contributed by atoms with Crippen LogP contribution in [0.25, 0.3) is 5.69 Å². The number of carbonyl (C=O) groups is 1. The second kappa shape index (κ2) is 6.57. The van der Waals surface area contributed by atoms with E-state index >= 15 is 0 Å². The van der Waals surface area contributed by atoms with Gasteiger partial charge in [-0.05, 0) is 32.9 Å². The third-order valence-electron chi connectivity index (χ3n) is 3.66. The van der Waals surface area contributed by atoms with Crippen molar-refractivity contribution >= 4 is 17.5 Å². The number of anilines is 2. The fourth-order valence-electron chi connectivity index (χ4n) is 2.46. The van der Waals surface area contributed by atoms with Gasteiger partial charge in [-0.1, -0.05) is 18.2 Å². The number of hydrogen-bond donors (Lipinski definition) is 2. The molecule has 2 heterocycles. The molecule has 0 aliphatic carbocycles. The smallest absolute Gasteiger partial charge is 0.305 e. The van der Waals surface area contributed by atoms with Gasteiger partial charge in [-0.25, -0.2) is 14.2 Å². The normalized spacial score (nSPS) is 10.8. The first-order chi connectivity index (χ1) is 11.6. The van der Waals surface area contributed by atoms with E-state index < -0.39 is 0 Å². The molecule has 2 amide bonds. The maximum Gasteiger partial charge on any atom is 0.324 e. The molecule has 2 aromatic heterocycles. The first-order valence-electron chi connectivity index (χ1n) is 7.78. The molecule has 0 fully saturated rings. The number of para-hydroxylation sites is 1. The fourth-order valence-corrected chi connectivity index (χ4v) is 2.46. The van der Waals surface area contributed by atoms with Crippen LogP contribution in [0.4, 0.5) is 16.3 Å². The Hall–Kier alpha value is -3.09. The molecular formula is C17H20N6O. The Bertz CT molecular complexity index is 834. The number of carbonyl (C=O) groups excluding carboxylic acids is 1. The van der Waals surface area contributed by atoms with E-state index in [2.05, 4.69) is 20.8 Å². The average Bonchev–Trinajstić information content (AvgIpc) is 3.16. The molecule has 7 nitrogen and oxygen atoms in total. The summed E-state index contributed by atoms with van der Waals surface area (Å²) in [4.78, 5) is 12.3. The minimum atomic E-state index is -0.326. The van der Waals surface area contributed by atoms with Gasteiger partial charge in [0.15, 0.2) is 0 Å². The van der Waals surface area contributed by atoms with Crippen molar-refractivity contribution in [3.63, 3.8) is 0 Å². The van der Waals surface area contributed by atoms with Crippen LogP contribution in [-0.4, -0.2) is 25.6 Å². The minimum absolute atomic E-state index is 0.165. The molecule has 0 unspecified atom stereocenters. The Morgan fingerprint density at radius 1 is 1.08 bits per heavy atom. The highest BCUT2D eigenvalue weighted by atomic mass is 16.2. The molecule has 24 heavy (non-hydrogen) atoms. The number of rotatable bonds is 4. The van der Waals surface area contributed by atoms with Gasteiger partial charge in [0.1, 0.15) is 5.82 Å². The van der Waals surface area contributed by atoms with E-state index in [1.807, 2.05) is 51.1 Å². The van der Waals surface area contributed by atoms with Crippen molar-refractivity contribution in [2.45, 2.75) is 26.8 Å². The summed E-state index contributed by atoms with van der Waals surface area (Å²) in [6.45, 7) is 5.92. The lowest BCUT2D eigenvalue weighted by atomic mass is 10.3. The van der Waals surface area contributed by atoms with Crippen LogP contribution in [0.1, 0.15) is 25.6 Å². The Labute approximate surface area is 140 Å². The van der Waals surface area contributed by atoms with Gasteiger partial charge in [-0.15, -0.1) is 0 Å². The van der Waals surface area contributed by atoms with Crippen LogP contribution in [0.15, 0.2) is 48.8 Å². The highest BCUT2D eigenvalue weighted by Gasteiger charge is 2.13. The molecule has 0 saturated heterocycles. The molecule has 0 bridgehead atoms. The standard InChI is InChI=1S/C17H20N6O/c1-12(2)22-16(9-10-18-22)21-17(24)20-15-11-19-23(13(15)3)14-7-5-4-6-8-14/h4-12H,1-3H3,(H2,20,21,24). The third kappa shape index (κ3) is 3.15.